The average molecular weight is 583 g/mol. The molecule has 0 unspecified atom stereocenters. The fourth-order valence-electron chi connectivity index (χ4n) is 3.50. The molecule has 1 aliphatic heterocycles. The fraction of sp³-hybridized carbons (Fsp3) is 0.0769. The van der Waals surface area contributed by atoms with Crippen molar-refractivity contribution in [3.05, 3.63) is 82.2 Å². The van der Waals surface area contributed by atoms with Crippen LogP contribution in [0.5, 0.6) is 11.5 Å². The summed E-state index contributed by atoms with van der Waals surface area (Å²) in [5.41, 5.74) is 4.99. The molecule has 2 amide bonds. The molecule has 12 heteroatoms. The molecule has 2 N–H and O–H groups in total. The fourth-order valence-corrected chi connectivity index (χ4v) is 5.70. The molecule has 0 radical (unpaired) electrons. The summed E-state index contributed by atoms with van der Waals surface area (Å²) in [5.74, 6) is 0.402. The van der Waals surface area contributed by atoms with Crippen LogP contribution in [0.4, 0.5) is 10.8 Å². The number of benzene rings is 3. The number of para-hydroxylation sites is 1. The van der Waals surface area contributed by atoms with Crippen LogP contribution in [0, 0.1) is 0 Å². The van der Waals surface area contributed by atoms with E-state index in [9.17, 15) is 9.59 Å². The minimum Gasteiger partial charge on any atom is -0.497 e. The van der Waals surface area contributed by atoms with Gasteiger partial charge in [-0.3, -0.25) is 15.0 Å². The van der Waals surface area contributed by atoms with E-state index in [4.69, 9.17) is 33.3 Å². The highest BCUT2D eigenvalue weighted by molar-refractivity contribution is 8.26. The van der Waals surface area contributed by atoms with Crippen LogP contribution in [0.3, 0.4) is 0 Å². The standard InChI is InChI=1S/C26H19ClN4O4S3/c1-34-18-9-7-17(8-10-18)28-23(32)14-35-20-11-6-16(27)12-15(20)13-22-24(33)31(26(36)38-22)30-25-29-19-4-2-3-5-21(19)37-25/h2-13H,14H2,1H3,(H,28,32)(H,29,30)/b22-13+. The van der Waals surface area contributed by atoms with Crippen molar-refractivity contribution in [2.45, 2.75) is 0 Å². The molecule has 0 aliphatic carbocycles. The largest absolute Gasteiger partial charge is 0.497 e. The Labute approximate surface area is 236 Å². The van der Waals surface area contributed by atoms with Crippen LogP contribution in [0.2, 0.25) is 5.02 Å². The molecule has 1 aliphatic rings. The van der Waals surface area contributed by atoms with E-state index in [1.165, 1.54) is 16.3 Å². The Morgan fingerprint density at radius 2 is 1.95 bits per heavy atom. The monoisotopic (exact) mass is 582 g/mol. The number of thioether (sulfide) groups is 1. The normalized spacial score (nSPS) is 14.3. The van der Waals surface area contributed by atoms with Crippen molar-refractivity contribution in [2.24, 2.45) is 0 Å². The van der Waals surface area contributed by atoms with Crippen molar-refractivity contribution in [1.29, 1.82) is 0 Å². The molecule has 192 valence electrons. The van der Waals surface area contributed by atoms with Gasteiger partial charge in [0.1, 0.15) is 11.5 Å². The number of thiocarbonyl (C=S) groups is 1. The zero-order valence-corrected chi connectivity index (χ0v) is 23.0. The SMILES string of the molecule is COc1ccc(NC(=O)COc2ccc(Cl)cc2/C=C2/SC(=S)N(Nc3nc4ccccc4s3)C2=O)cc1. The van der Waals surface area contributed by atoms with E-state index in [1.54, 1.807) is 55.7 Å². The Balaban J connectivity index is 1.28. The van der Waals surface area contributed by atoms with E-state index >= 15 is 0 Å². The van der Waals surface area contributed by atoms with E-state index in [0.717, 1.165) is 22.0 Å². The number of ether oxygens (including phenoxy) is 2. The second-order valence-corrected chi connectivity index (χ2v) is 11.0. The summed E-state index contributed by atoms with van der Waals surface area (Å²) in [5, 5.41) is 5.06. The Hall–Kier alpha value is -3.64. The molecule has 0 bridgehead atoms. The van der Waals surface area contributed by atoms with Gasteiger partial charge in [0.2, 0.25) is 5.13 Å². The van der Waals surface area contributed by atoms with Gasteiger partial charge in [0.25, 0.3) is 11.8 Å². The van der Waals surface area contributed by atoms with Gasteiger partial charge in [0.05, 0.1) is 22.2 Å². The number of amides is 2. The molecule has 38 heavy (non-hydrogen) atoms. The molecule has 0 atom stereocenters. The lowest BCUT2D eigenvalue weighted by atomic mass is 10.2. The van der Waals surface area contributed by atoms with Crippen molar-refractivity contribution in [3.8, 4) is 11.5 Å². The predicted molar refractivity (Wildman–Crippen MR) is 157 cm³/mol. The van der Waals surface area contributed by atoms with Crippen LogP contribution in [-0.4, -0.2) is 39.8 Å². The first-order chi connectivity index (χ1) is 18.4. The van der Waals surface area contributed by atoms with E-state index < -0.39 is 0 Å². The molecular formula is C26H19ClN4O4S3. The number of hydrazine groups is 1. The molecule has 3 aromatic carbocycles. The predicted octanol–water partition coefficient (Wildman–Crippen LogP) is 6.20. The topological polar surface area (TPSA) is 92.8 Å². The smallest absolute Gasteiger partial charge is 0.285 e. The summed E-state index contributed by atoms with van der Waals surface area (Å²) in [6.07, 6.45) is 1.64. The third-order valence-electron chi connectivity index (χ3n) is 5.29. The van der Waals surface area contributed by atoms with Gasteiger partial charge in [-0.15, -0.1) is 0 Å². The van der Waals surface area contributed by atoms with Gasteiger partial charge in [-0.25, -0.2) is 4.98 Å². The molecule has 2 heterocycles. The molecule has 1 fully saturated rings. The van der Waals surface area contributed by atoms with Crippen LogP contribution in [0.25, 0.3) is 16.3 Å². The Kier molecular flexibility index (Phi) is 7.79. The molecule has 0 saturated carbocycles. The summed E-state index contributed by atoms with van der Waals surface area (Å²) in [6.45, 7) is -0.241. The number of nitrogens with zero attached hydrogens (tertiary/aromatic N) is 2. The van der Waals surface area contributed by atoms with Gasteiger partial charge < -0.3 is 14.8 Å². The Morgan fingerprint density at radius 3 is 2.71 bits per heavy atom. The van der Waals surface area contributed by atoms with Gasteiger partial charge in [-0.05, 0) is 72.9 Å². The van der Waals surface area contributed by atoms with Crippen LogP contribution in [0.15, 0.2) is 71.6 Å². The first-order valence-electron chi connectivity index (χ1n) is 11.2. The molecule has 1 aromatic heterocycles. The highest BCUT2D eigenvalue weighted by Gasteiger charge is 2.33. The molecule has 1 saturated heterocycles. The van der Waals surface area contributed by atoms with Crippen LogP contribution >= 0.6 is 46.9 Å². The zero-order chi connectivity index (χ0) is 26.6. The van der Waals surface area contributed by atoms with Crippen molar-refractivity contribution >= 4 is 90.2 Å². The van der Waals surface area contributed by atoms with E-state index in [-0.39, 0.29) is 18.4 Å². The highest BCUT2D eigenvalue weighted by atomic mass is 35.5. The van der Waals surface area contributed by atoms with Crippen molar-refractivity contribution in [1.82, 2.24) is 9.99 Å². The van der Waals surface area contributed by atoms with Crippen LogP contribution < -0.4 is 20.2 Å². The number of carbonyl (C=O) groups is 2. The minimum atomic E-state index is -0.345. The van der Waals surface area contributed by atoms with Crippen molar-refractivity contribution in [2.75, 3.05) is 24.5 Å². The first-order valence-corrected chi connectivity index (χ1v) is 13.6. The number of rotatable bonds is 8. The molecular weight excluding hydrogens is 564 g/mol. The van der Waals surface area contributed by atoms with Gasteiger partial charge >= 0.3 is 0 Å². The molecule has 5 rings (SSSR count). The second-order valence-electron chi connectivity index (χ2n) is 7.86. The quantitative estimate of drug-likeness (QED) is 0.187. The number of fused-ring (bicyclic) bond motifs is 1. The second kappa shape index (κ2) is 11.4. The summed E-state index contributed by atoms with van der Waals surface area (Å²) in [6, 6.07) is 19.6. The minimum absolute atomic E-state index is 0.241. The third kappa shape index (κ3) is 5.91. The lowest BCUT2D eigenvalue weighted by Gasteiger charge is -2.14. The number of thiazole rings is 1. The summed E-state index contributed by atoms with van der Waals surface area (Å²) < 4.78 is 12.2. The number of carbonyl (C=O) groups excluding carboxylic acids is 2. The van der Waals surface area contributed by atoms with E-state index in [1.807, 2.05) is 24.3 Å². The maximum Gasteiger partial charge on any atom is 0.285 e. The number of nitrogens with one attached hydrogen (secondary N) is 2. The maximum absolute atomic E-state index is 13.2. The lowest BCUT2D eigenvalue weighted by molar-refractivity contribution is -0.121. The number of hydrogen-bond acceptors (Lipinski definition) is 9. The van der Waals surface area contributed by atoms with Gasteiger partial charge in [0, 0.05) is 16.3 Å². The lowest BCUT2D eigenvalue weighted by Crippen LogP contribution is -2.33. The van der Waals surface area contributed by atoms with Gasteiger partial charge in [-0.2, -0.15) is 5.01 Å². The number of aromatic nitrogens is 1. The molecule has 0 spiro atoms. The zero-order valence-electron chi connectivity index (χ0n) is 19.8. The Morgan fingerprint density at radius 1 is 1.16 bits per heavy atom. The van der Waals surface area contributed by atoms with Crippen molar-refractivity contribution in [3.63, 3.8) is 0 Å². The first kappa shape index (κ1) is 26.0. The van der Waals surface area contributed by atoms with Crippen molar-refractivity contribution < 1.29 is 19.1 Å². The number of hydrogen-bond donors (Lipinski definition) is 2. The summed E-state index contributed by atoms with van der Waals surface area (Å²) >= 11 is 14.2. The average Bonchev–Trinajstić information content (AvgIpc) is 3.44. The van der Waals surface area contributed by atoms with Gasteiger partial charge in [0.15, 0.2) is 10.9 Å². The maximum atomic E-state index is 13.2. The van der Waals surface area contributed by atoms with E-state index in [0.29, 0.717) is 42.1 Å². The summed E-state index contributed by atoms with van der Waals surface area (Å²) in [7, 11) is 1.57. The summed E-state index contributed by atoms with van der Waals surface area (Å²) in [4.78, 5) is 30.5. The third-order valence-corrected chi connectivity index (χ3v) is 7.76. The van der Waals surface area contributed by atoms with Crippen LogP contribution in [0.1, 0.15) is 5.56 Å². The molecule has 8 nitrogen and oxygen atoms in total. The Bertz CT molecular complexity index is 1540. The number of methoxy groups -OCH3 is 1. The van der Waals surface area contributed by atoms with Crippen LogP contribution in [-0.2, 0) is 9.59 Å². The van der Waals surface area contributed by atoms with E-state index in [2.05, 4.69) is 15.7 Å². The number of halogens is 1. The highest BCUT2D eigenvalue weighted by Crippen LogP contribution is 2.36. The molecule has 4 aromatic rings. The van der Waals surface area contributed by atoms with Gasteiger partial charge in [-0.1, -0.05) is 46.8 Å². The number of anilines is 2.